The van der Waals surface area contributed by atoms with Crippen LogP contribution in [0.2, 0.25) is 0 Å². The van der Waals surface area contributed by atoms with Crippen molar-refractivity contribution in [3.05, 3.63) is 42.1 Å². The fourth-order valence-corrected chi connectivity index (χ4v) is 3.51. The zero-order valence-electron chi connectivity index (χ0n) is 15.1. The number of benzene rings is 1. The van der Waals surface area contributed by atoms with Crippen LogP contribution in [-0.2, 0) is 16.0 Å². The average molecular weight is 342 g/mol. The Kier molecular flexibility index (Phi) is 5.06. The van der Waals surface area contributed by atoms with E-state index in [9.17, 15) is 9.90 Å². The van der Waals surface area contributed by atoms with Crippen molar-refractivity contribution in [1.82, 2.24) is 9.88 Å². The molecule has 0 unspecified atom stereocenters. The molecule has 0 radical (unpaired) electrons. The summed E-state index contributed by atoms with van der Waals surface area (Å²) in [5.41, 5.74) is 1.05. The lowest BCUT2D eigenvalue weighted by atomic mass is 9.99. The maximum Gasteiger partial charge on any atom is 0.254 e. The lowest BCUT2D eigenvalue weighted by Crippen LogP contribution is -2.46. The van der Waals surface area contributed by atoms with E-state index in [4.69, 9.17) is 4.74 Å². The van der Waals surface area contributed by atoms with Gasteiger partial charge in [0.05, 0.1) is 11.6 Å². The Bertz CT molecular complexity index is 759. The fourth-order valence-electron chi connectivity index (χ4n) is 3.51. The molecule has 134 valence electrons. The molecule has 1 aromatic heterocycles. The molecule has 2 aromatic rings. The summed E-state index contributed by atoms with van der Waals surface area (Å²) in [5, 5.41) is 11.5. The number of pyridine rings is 1. The second-order valence-corrected chi connectivity index (χ2v) is 7.18. The molecule has 1 aliphatic heterocycles. The molecule has 1 saturated heterocycles. The number of carbonyl (C=O) groups excluding carboxylic acids is 1. The van der Waals surface area contributed by atoms with Crippen LogP contribution in [0.4, 0.5) is 0 Å². The second-order valence-electron chi connectivity index (χ2n) is 7.18. The lowest BCUT2D eigenvalue weighted by molar-refractivity contribution is -0.153. The predicted octanol–water partition coefficient (Wildman–Crippen LogP) is 2.41. The van der Waals surface area contributed by atoms with Crippen molar-refractivity contribution in [3.63, 3.8) is 0 Å². The summed E-state index contributed by atoms with van der Waals surface area (Å²) in [5.74, 6) is -0.0718. The Morgan fingerprint density at radius 3 is 2.80 bits per heavy atom. The molecular formula is C20H26N2O3. The van der Waals surface area contributed by atoms with Crippen molar-refractivity contribution < 1.29 is 14.6 Å². The number of aliphatic hydroxyl groups excluding tert-OH is 1. The van der Waals surface area contributed by atoms with Crippen molar-refractivity contribution in [3.8, 4) is 0 Å². The Labute approximate surface area is 148 Å². The molecule has 1 aromatic carbocycles. The van der Waals surface area contributed by atoms with Gasteiger partial charge in [0.15, 0.2) is 0 Å². The van der Waals surface area contributed by atoms with Crippen molar-refractivity contribution in [2.75, 3.05) is 19.7 Å². The summed E-state index contributed by atoms with van der Waals surface area (Å²) in [6.45, 7) is 6.81. The van der Waals surface area contributed by atoms with Gasteiger partial charge in [0.25, 0.3) is 5.91 Å². The first-order chi connectivity index (χ1) is 11.9. The normalized spacial score (nSPS) is 21.0. The molecule has 25 heavy (non-hydrogen) atoms. The minimum Gasteiger partial charge on any atom is -0.391 e. The van der Waals surface area contributed by atoms with E-state index >= 15 is 0 Å². The van der Waals surface area contributed by atoms with Gasteiger partial charge in [-0.1, -0.05) is 24.3 Å². The highest BCUT2D eigenvalue weighted by Gasteiger charge is 2.40. The number of likely N-dealkylation sites (tertiary alicyclic amines) is 1. The molecule has 1 fully saturated rings. The Morgan fingerprint density at radius 2 is 2.04 bits per heavy atom. The minimum absolute atomic E-state index is 0.00459. The van der Waals surface area contributed by atoms with Gasteiger partial charge in [-0.05, 0) is 39.3 Å². The SMILES string of the molecule is CCOC(C)(C)C(=O)N1C[C@@H](Cc2ccc3ccccc3n2)[C@H](O)C1. The fraction of sp³-hybridized carbons (Fsp3) is 0.500. The molecule has 5 heteroatoms. The average Bonchev–Trinajstić information content (AvgIpc) is 2.94. The zero-order chi connectivity index (χ0) is 18.0. The summed E-state index contributed by atoms with van der Waals surface area (Å²) < 4.78 is 5.56. The Balaban J connectivity index is 1.70. The first-order valence-corrected chi connectivity index (χ1v) is 8.87. The highest BCUT2D eigenvalue weighted by molar-refractivity contribution is 5.84. The molecule has 0 saturated carbocycles. The number of carbonyl (C=O) groups is 1. The van der Waals surface area contributed by atoms with Gasteiger partial charge in [-0.15, -0.1) is 0 Å². The van der Waals surface area contributed by atoms with Gasteiger partial charge in [0, 0.05) is 36.7 Å². The number of nitrogens with zero attached hydrogens (tertiary/aromatic N) is 2. The number of β-amino-alcohol motifs (C(OH)–C–C–N with tert-alkyl or cyclic N) is 1. The van der Waals surface area contributed by atoms with Gasteiger partial charge in [-0.25, -0.2) is 0 Å². The number of aromatic nitrogens is 1. The van der Waals surface area contributed by atoms with E-state index in [-0.39, 0.29) is 11.8 Å². The number of hydrogen-bond acceptors (Lipinski definition) is 4. The summed E-state index contributed by atoms with van der Waals surface area (Å²) in [6.07, 6.45) is 0.125. The Morgan fingerprint density at radius 1 is 1.28 bits per heavy atom. The molecule has 1 amide bonds. The zero-order valence-corrected chi connectivity index (χ0v) is 15.1. The molecule has 3 rings (SSSR count). The van der Waals surface area contributed by atoms with Crippen LogP contribution >= 0.6 is 0 Å². The van der Waals surface area contributed by atoms with Crippen LogP contribution in [0.15, 0.2) is 36.4 Å². The van der Waals surface area contributed by atoms with E-state index in [0.29, 0.717) is 26.1 Å². The van der Waals surface area contributed by atoms with Gasteiger partial charge >= 0.3 is 0 Å². The molecule has 2 heterocycles. The summed E-state index contributed by atoms with van der Waals surface area (Å²) in [4.78, 5) is 19.0. The molecule has 0 aliphatic carbocycles. The van der Waals surface area contributed by atoms with Gasteiger partial charge in [-0.2, -0.15) is 0 Å². The summed E-state index contributed by atoms with van der Waals surface area (Å²) in [7, 11) is 0. The minimum atomic E-state index is -0.857. The van der Waals surface area contributed by atoms with E-state index < -0.39 is 11.7 Å². The maximum absolute atomic E-state index is 12.6. The lowest BCUT2D eigenvalue weighted by Gasteiger charge is -2.29. The monoisotopic (exact) mass is 342 g/mol. The molecule has 0 spiro atoms. The van der Waals surface area contributed by atoms with Crippen LogP contribution in [0, 0.1) is 5.92 Å². The second kappa shape index (κ2) is 7.10. The molecule has 1 aliphatic rings. The molecule has 5 nitrogen and oxygen atoms in total. The number of ether oxygens (including phenoxy) is 1. The standard InChI is InChI=1S/C20H26N2O3/c1-4-25-20(2,3)19(24)22-12-15(18(23)13-22)11-16-10-9-14-7-5-6-8-17(14)21-16/h5-10,15,18,23H,4,11-13H2,1-3H3/t15-,18-/m1/s1. The highest BCUT2D eigenvalue weighted by atomic mass is 16.5. The summed E-state index contributed by atoms with van der Waals surface area (Å²) in [6, 6.07) is 12.1. The number of hydrogen-bond donors (Lipinski definition) is 1. The molecule has 0 bridgehead atoms. The number of aliphatic hydroxyl groups is 1. The topological polar surface area (TPSA) is 62.7 Å². The number of fused-ring (bicyclic) bond motifs is 1. The smallest absolute Gasteiger partial charge is 0.254 e. The Hall–Kier alpha value is -1.98. The first-order valence-electron chi connectivity index (χ1n) is 8.87. The largest absolute Gasteiger partial charge is 0.391 e. The van der Waals surface area contributed by atoms with Crippen LogP contribution in [0.1, 0.15) is 26.5 Å². The van der Waals surface area contributed by atoms with Crippen molar-refractivity contribution >= 4 is 16.8 Å². The summed E-state index contributed by atoms with van der Waals surface area (Å²) >= 11 is 0. The van der Waals surface area contributed by atoms with E-state index in [1.165, 1.54) is 0 Å². The van der Waals surface area contributed by atoms with E-state index in [2.05, 4.69) is 11.1 Å². The highest BCUT2D eigenvalue weighted by Crippen LogP contribution is 2.25. The third-order valence-electron chi connectivity index (χ3n) is 4.84. The van der Waals surface area contributed by atoms with Crippen molar-refractivity contribution in [1.29, 1.82) is 0 Å². The van der Waals surface area contributed by atoms with Crippen LogP contribution in [-0.4, -0.2) is 52.3 Å². The quantitative estimate of drug-likeness (QED) is 0.906. The van der Waals surface area contributed by atoms with Gasteiger partial charge in [-0.3, -0.25) is 9.78 Å². The van der Waals surface area contributed by atoms with Gasteiger partial charge in [0.1, 0.15) is 5.60 Å². The third-order valence-corrected chi connectivity index (χ3v) is 4.84. The van der Waals surface area contributed by atoms with Crippen LogP contribution in [0.5, 0.6) is 0 Å². The van der Waals surface area contributed by atoms with Crippen molar-refractivity contribution in [2.45, 2.75) is 38.9 Å². The molecule has 1 N–H and O–H groups in total. The van der Waals surface area contributed by atoms with Gasteiger partial charge in [0.2, 0.25) is 0 Å². The molecular weight excluding hydrogens is 316 g/mol. The van der Waals surface area contributed by atoms with Crippen molar-refractivity contribution in [2.24, 2.45) is 5.92 Å². The van der Waals surface area contributed by atoms with Crippen LogP contribution in [0.25, 0.3) is 10.9 Å². The van der Waals surface area contributed by atoms with Crippen LogP contribution in [0.3, 0.4) is 0 Å². The maximum atomic E-state index is 12.6. The van der Waals surface area contributed by atoms with Crippen LogP contribution < -0.4 is 0 Å². The molecule has 2 atom stereocenters. The number of rotatable bonds is 5. The predicted molar refractivity (Wildman–Crippen MR) is 97.2 cm³/mol. The van der Waals surface area contributed by atoms with E-state index in [1.807, 2.05) is 37.3 Å². The number of amides is 1. The number of para-hydroxylation sites is 1. The third kappa shape index (κ3) is 3.83. The first kappa shape index (κ1) is 17.8. The van der Waals surface area contributed by atoms with Gasteiger partial charge < -0.3 is 14.7 Å². The van der Waals surface area contributed by atoms with E-state index in [1.54, 1.807) is 18.7 Å². The van der Waals surface area contributed by atoms with E-state index in [0.717, 1.165) is 16.6 Å².